The highest BCUT2D eigenvalue weighted by Crippen LogP contribution is 2.45. The summed E-state index contributed by atoms with van der Waals surface area (Å²) in [6.45, 7) is 4.67. The van der Waals surface area contributed by atoms with Crippen molar-refractivity contribution in [2.45, 2.75) is 19.8 Å². The van der Waals surface area contributed by atoms with Crippen LogP contribution in [0.2, 0.25) is 0 Å². The van der Waals surface area contributed by atoms with Gasteiger partial charge in [-0.3, -0.25) is 0 Å². The molecule has 1 aliphatic rings. The molecule has 8 heteroatoms. The summed E-state index contributed by atoms with van der Waals surface area (Å²) in [6.07, 6.45) is 2.98. The fraction of sp³-hybridized carbons (Fsp3) is 0.226. The van der Waals surface area contributed by atoms with Crippen LogP contribution >= 0.6 is 0 Å². The average molecular weight is 527 g/mol. The summed E-state index contributed by atoms with van der Waals surface area (Å²) >= 11 is 0. The monoisotopic (exact) mass is 526 g/mol. The van der Waals surface area contributed by atoms with E-state index in [2.05, 4.69) is 19.9 Å². The number of carbonyl (C=O) groups excluding carboxylic acids is 1. The molecule has 0 spiro atoms. The third kappa shape index (κ3) is 6.33. The standard InChI is InChI=1S/C31H30N2O6/c1-19(2)18-37-26-13-8-21(15-28(26)36-4)30-24-12-11-23(16-27(24)39-31(33)25(30)17-32)38-29(34)14-7-20-5-9-22(35-3)10-6-20/h5-16,19,30H,18,33H2,1-4H3/b14-7+. The van der Waals surface area contributed by atoms with Crippen molar-refractivity contribution in [1.29, 1.82) is 5.26 Å². The van der Waals surface area contributed by atoms with Crippen molar-refractivity contribution in [3.05, 3.63) is 94.9 Å². The SMILES string of the molecule is COc1ccc(/C=C/C(=O)Oc2ccc3c(c2)OC(N)=C(C#N)C3c2ccc(OCC(C)C)c(OC)c2)cc1. The van der Waals surface area contributed by atoms with E-state index in [0.29, 0.717) is 35.3 Å². The van der Waals surface area contributed by atoms with Gasteiger partial charge in [-0.15, -0.1) is 0 Å². The second-order valence-corrected chi connectivity index (χ2v) is 9.27. The summed E-state index contributed by atoms with van der Waals surface area (Å²) in [5.74, 6) is 1.83. The van der Waals surface area contributed by atoms with Crippen LogP contribution in [0.25, 0.3) is 6.08 Å². The molecule has 1 aliphatic heterocycles. The van der Waals surface area contributed by atoms with Gasteiger partial charge in [0.2, 0.25) is 5.88 Å². The van der Waals surface area contributed by atoms with Gasteiger partial charge < -0.3 is 29.4 Å². The number of hydrogen-bond donors (Lipinski definition) is 1. The molecule has 1 atom stereocenters. The first-order chi connectivity index (χ1) is 18.8. The first kappa shape index (κ1) is 27.1. The predicted octanol–water partition coefficient (Wildman–Crippen LogP) is 5.58. The number of carbonyl (C=O) groups is 1. The number of nitrogens with zero attached hydrogens (tertiary/aromatic N) is 1. The van der Waals surface area contributed by atoms with Gasteiger partial charge >= 0.3 is 5.97 Å². The Hall–Kier alpha value is -4.90. The molecule has 0 bridgehead atoms. The molecule has 0 amide bonds. The molecule has 200 valence electrons. The van der Waals surface area contributed by atoms with Crippen LogP contribution in [0.15, 0.2) is 78.2 Å². The highest BCUT2D eigenvalue weighted by atomic mass is 16.5. The molecule has 0 saturated heterocycles. The summed E-state index contributed by atoms with van der Waals surface area (Å²) < 4.78 is 27.8. The molecule has 8 nitrogen and oxygen atoms in total. The van der Waals surface area contributed by atoms with Gasteiger partial charge in [-0.05, 0) is 53.5 Å². The number of nitrogens with two attached hydrogens (primary N) is 1. The molecule has 3 aromatic rings. The topological polar surface area (TPSA) is 113 Å². The molecule has 4 rings (SSSR count). The van der Waals surface area contributed by atoms with E-state index in [1.54, 1.807) is 50.6 Å². The number of benzene rings is 3. The van der Waals surface area contributed by atoms with E-state index >= 15 is 0 Å². The van der Waals surface area contributed by atoms with Gasteiger partial charge in [0.15, 0.2) is 11.5 Å². The van der Waals surface area contributed by atoms with Gasteiger partial charge in [0.1, 0.15) is 28.9 Å². The van der Waals surface area contributed by atoms with Crippen molar-refractivity contribution in [2.75, 3.05) is 20.8 Å². The van der Waals surface area contributed by atoms with Crippen molar-refractivity contribution >= 4 is 12.0 Å². The van der Waals surface area contributed by atoms with Crippen LogP contribution in [0.1, 0.15) is 36.5 Å². The Morgan fingerprint density at radius 1 is 1.03 bits per heavy atom. The summed E-state index contributed by atoms with van der Waals surface area (Å²) in [7, 11) is 3.16. The molecule has 3 aromatic carbocycles. The van der Waals surface area contributed by atoms with Crippen molar-refractivity contribution in [2.24, 2.45) is 11.7 Å². The Morgan fingerprint density at radius 2 is 1.77 bits per heavy atom. The largest absolute Gasteiger partial charge is 0.497 e. The Labute approximate surface area is 227 Å². The van der Waals surface area contributed by atoms with Gasteiger partial charge in [0, 0.05) is 17.7 Å². The number of methoxy groups -OCH3 is 2. The van der Waals surface area contributed by atoms with Crippen molar-refractivity contribution in [3.63, 3.8) is 0 Å². The van der Waals surface area contributed by atoms with E-state index < -0.39 is 11.9 Å². The maximum Gasteiger partial charge on any atom is 0.336 e. The molecule has 0 fully saturated rings. The third-order valence-electron chi connectivity index (χ3n) is 6.03. The number of allylic oxidation sites excluding steroid dienone is 1. The summed E-state index contributed by atoms with van der Waals surface area (Å²) in [6, 6.07) is 20.0. The zero-order valence-corrected chi connectivity index (χ0v) is 22.3. The van der Waals surface area contributed by atoms with E-state index in [1.165, 1.54) is 6.08 Å². The Morgan fingerprint density at radius 3 is 2.44 bits per heavy atom. The van der Waals surface area contributed by atoms with Crippen LogP contribution in [-0.2, 0) is 4.79 Å². The first-order valence-corrected chi connectivity index (χ1v) is 12.4. The highest BCUT2D eigenvalue weighted by Gasteiger charge is 2.31. The summed E-state index contributed by atoms with van der Waals surface area (Å²) in [5, 5.41) is 9.89. The van der Waals surface area contributed by atoms with Crippen molar-refractivity contribution in [1.82, 2.24) is 0 Å². The number of nitriles is 1. The molecule has 2 N–H and O–H groups in total. The van der Waals surface area contributed by atoms with Crippen LogP contribution in [-0.4, -0.2) is 26.8 Å². The van der Waals surface area contributed by atoms with Crippen LogP contribution < -0.4 is 29.4 Å². The molecule has 1 heterocycles. The van der Waals surface area contributed by atoms with Crippen LogP contribution in [0.3, 0.4) is 0 Å². The minimum Gasteiger partial charge on any atom is -0.497 e. The molecular weight excluding hydrogens is 496 g/mol. The zero-order chi connectivity index (χ0) is 27.9. The third-order valence-corrected chi connectivity index (χ3v) is 6.03. The minimum atomic E-state index is -0.555. The van der Waals surface area contributed by atoms with Crippen molar-refractivity contribution < 1.29 is 28.5 Å². The normalized spacial score (nSPS) is 14.4. The van der Waals surface area contributed by atoms with Gasteiger partial charge in [-0.25, -0.2) is 4.79 Å². The number of hydrogen-bond acceptors (Lipinski definition) is 8. The van der Waals surface area contributed by atoms with Gasteiger partial charge in [-0.1, -0.05) is 38.1 Å². The van der Waals surface area contributed by atoms with E-state index in [-0.39, 0.29) is 17.2 Å². The van der Waals surface area contributed by atoms with Crippen molar-refractivity contribution in [3.8, 4) is 34.8 Å². The van der Waals surface area contributed by atoms with Gasteiger partial charge in [0.25, 0.3) is 0 Å². The molecular formula is C31H30N2O6. The van der Waals surface area contributed by atoms with E-state index in [4.69, 9.17) is 29.4 Å². The molecule has 0 radical (unpaired) electrons. The molecule has 0 saturated carbocycles. The Kier molecular flexibility index (Phi) is 8.42. The molecule has 39 heavy (non-hydrogen) atoms. The van der Waals surface area contributed by atoms with Crippen LogP contribution in [0.5, 0.6) is 28.7 Å². The van der Waals surface area contributed by atoms with E-state index in [0.717, 1.165) is 16.9 Å². The number of ether oxygens (including phenoxy) is 5. The lowest BCUT2D eigenvalue weighted by atomic mass is 9.83. The molecule has 1 unspecified atom stereocenters. The van der Waals surface area contributed by atoms with Crippen LogP contribution in [0, 0.1) is 17.2 Å². The van der Waals surface area contributed by atoms with Gasteiger partial charge in [0.05, 0.1) is 26.7 Å². The maximum atomic E-state index is 12.4. The Bertz CT molecular complexity index is 1450. The fourth-order valence-corrected chi connectivity index (χ4v) is 4.11. The lowest BCUT2D eigenvalue weighted by Crippen LogP contribution is -2.21. The lowest BCUT2D eigenvalue weighted by molar-refractivity contribution is -0.128. The second-order valence-electron chi connectivity index (χ2n) is 9.27. The summed E-state index contributed by atoms with van der Waals surface area (Å²) in [5.41, 5.74) is 8.72. The fourth-order valence-electron chi connectivity index (χ4n) is 4.11. The second kappa shape index (κ2) is 12.1. The van der Waals surface area contributed by atoms with Crippen LogP contribution in [0.4, 0.5) is 0 Å². The van der Waals surface area contributed by atoms with E-state index in [9.17, 15) is 10.1 Å². The molecule has 0 aliphatic carbocycles. The summed E-state index contributed by atoms with van der Waals surface area (Å²) in [4.78, 5) is 12.4. The zero-order valence-electron chi connectivity index (χ0n) is 22.3. The quantitative estimate of drug-likeness (QED) is 0.219. The first-order valence-electron chi connectivity index (χ1n) is 12.4. The van der Waals surface area contributed by atoms with E-state index in [1.807, 2.05) is 30.3 Å². The van der Waals surface area contributed by atoms with Gasteiger partial charge in [-0.2, -0.15) is 5.26 Å². The predicted molar refractivity (Wildman–Crippen MR) is 147 cm³/mol. The number of rotatable bonds is 9. The molecule has 0 aromatic heterocycles. The lowest BCUT2D eigenvalue weighted by Gasteiger charge is -2.27. The highest BCUT2D eigenvalue weighted by molar-refractivity contribution is 5.88. The number of fused-ring (bicyclic) bond motifs is 1. The smallest absolute Gasteiger partial charge is 0.336 e. The maximum absolute atomic E-state index is 12.4. The average Bonchev–Trinajstić information content (AvgIpc) is 2.94. The number of esters is 1. The Balaban J connectivity index is 1.58. The minimum absolute atomic E-state index is 0.0167.